The highest BCUT2D eigenvalue weighted by Crippen LogP contribution is 2.57. The van der Waals surface area contributed by atoms with Crippen molar-refractivity contribution in [3.8, 4) is 34.6 Å². The van der Waals surface area contributed by atoms with Crippen LogP contribution in [0.3, 0.4) is 0 Å². The van der Waals surface area contributed by atoms with E-state index in [0.29, 0.717) is 80.9 Å². The van der Waals surface area contributed by atoms with E-state index in [1.165, 1.54) is 6.07 Å². The minimum Gasteiger partial charge on any atom is -0.489 e. The number of ether oxygens (including phenoxy) is 3. The number of fused-ring (bicyclic) bond motifs is 3. The molecule has 3 fully saturated rings. The number of likely N-dealkylation sites (N-methyl/N-ethyl adjacent to an activating group) is 1. The summed E-state index contributed by atoms with van der Waals surface area (Å²) in [5.74, 6) is -2.35. The fraction of sp³-hybridized carbons (Fsp3) is 0.273. The molecule has 3 aliphatic carbocycles. The maximum absolute atomic E-state index is 13.3. The molecule has 0 radical (unpaired) electrons. The molecule has 0 bridgehead atoms. The summed E-state index contributed by atoms with van der Waals surface area (Å²) in [6.45, 7) is 3.72. The van der Waals surface area contributed by atoms with E-state index in [4.69, 9.17) is 40.5 Å². The highest BCUT2D eigenvalue weighted by atomic mass is 19.4. The Morgan fingerprint density at radius 2 is 1.03 bits per heavy atom. The average Bonchev–Trinajstić information content (AvgIpc) is 1.59. The largest absolute Gasteiger partial charge is 0.489 e. The standard InChI is InChI=1S/C27H29F3N4O4.C27H24N4O4.C23H21N3O3/c1-34(2)12-11-31-25(36)26(15-21(26)24(35)33-37)14-17-7-9-19(10-8-17)38-16-18-13-23(27(28,29)30)32-22-6-4-3-5-20(18)22;28-26(33)27(14-22(27)25(32)31-34)13-17-7-9-20(10-8-17)35-16-19-12-24(18-4-3-11-29-15-18)30-23-6-2-1-5-21(19)23;1-15-10-17(19-4-2-3-5-21(19)25-15)13-29-18-8-6-16(7-9-18)11-23(14-24)12-20(23)22(27)26-28/h3-10,13,21,37H,11-12,14-16H2,1-2H3,(H,31,36)(H,33,35);1-12,15,22,34H,13-14,16H2,(H2,28,33)(H,31,32);2-10,20,28H,11-13H2,1H3,(H,26,27)/t21-,26+;22-,27+;20-,23-/m111/s1. The third kappa shape index (κ3) is 16.7. The number of hydroxylamine groups is 3. The third-order valence-corrected chi connectivity index (χ3v) is 18.8. The number of benzene rings is 6. The second-order valence-electron chi connectivity index (χ2n) is 26.1. The molecule has 3 aliphatic rings. The Balaban J connectivity index is 0.000000155. The van der Waals surface area contributed by atoms with Crippen molar-refractivity contribution >= 4 is 62.2 Å². The van der Waals surface area contributed by atoms with E-state index in [1.807, 2.05) is 147 Å². The van der Waals surface area contributed by atoms with Gasteiger partial charge < -0.3 is 30.2 Å². The highest BCUT2D eigenvalue weighted by Gasteiger charge is 2.64. The molecule has 3 saturated carbocycles. The fourth-order valence-corrected chi connectivity index (χ4v) is 12.9. The number of hydrogen-bond donors (Lipinski definition) is 8. The number of aryl methyl sites for hydroxylation is 1. The van der Waals surface area contributed by atoms with Crippen LogP contribution in [0.25, 0.3) is 44.0 Å². The van der Waals surface area contributed by atoms with Crippen LogP contribution in [-0.4, -0.2) is 97.2 Å². The molecule has 0 saturated heterocycles. The molecular formula is C77H74F3N11O11. The van der Waals surface area contributed by atoms with Gasteiger partial charge in [0.15, 0.2) is 0 Å². The van der Waals surface area contributed by atoms with Crippen molar-refractivity contribution in [1.29, 1.82) is 5.26 Å². The summed E-state index contributed by atoms with van der Waals surface area (Å²) in [6, 6.07) is 55.5. The molecule has 5 amide bonds. The van der Waals surface area contributed by atoms with E-state index < -0.39 is 69.5 Å². The quantitative estimate of drug-likeness (QED) is 0.0206. The number of pyridine rings is 4. The van der Waals surface area contributed by atoms with Gasteiger partial charge in [-0.3, -0.25) is 49.6 Å². The van der Waals surface area contributed by atoms with Crippen LogP contribution in [-0.2, 0) is 69.2 Å². The molecule has 102 heavy (non-hydrogen) atoms. The number of nitrogens with two attached hydrogens (primary N) is 1. The summed E-state index contributed by atoms with van der Waals surface area (Å²) in [7, 11) is 3.77. The first-order chi connectivity index (χ1) is 49.1. The minimum absolute atomic E-state index is 0.0948. The lowest BCUT2D eigenvalue weighted by molar-refractivity contribution is -0.141. The van der Waals surface area contributed by atoms with Gasteiger partial charge in [0.1, 0.15) is 42.8 Å². The van der Waals surface area contributed by atoms with Gasteiger partial charge in [0.25, 0.3) is 0 Å². The lowest BCUT2D eigenvalue weighted by atomic mass is 9.92. The molecule has 6 aromatic carbocycles. The minimum atomic E-state index is -4.58. The summed E-state index contributed by atoms with van der Waals surface area (Å²) in [5, 5.41) is 41.7. The highest BCUT2D eigenvalue weighted by molar-refractivity contribution is 5.96. The molecule has 25 heteroatoms. The van der Waals surface area contributed by atoms with E-state index in [-0.39, 0.29) is 24.5 Å². The normalized spacial score (nSPS) is 19.2. The zero-order chi connectivity index (χ0) is 72.3. The molecule has 0 unspecified atom stereocenters. The van der Waals surface area contributed by atoms with Gasteiger partial charge in [0, 0.05) is 69.6 Å². The van der Waals surface area contributed by atoms with Crippen molar-refractivity contribution in [2.24, 2.45) is 39.7 Å². The first kappa shape index (κ1) is 71.8. The van der Waals surface area contributed by atoms with Gasteiger partial charge >= 0.3 is 6.18 Å². The Morgan fingerprint density at radius 1 is 0.578 bits per heavy atom. The number of carbonyl (C=O) groups is 5. The Hall–Kier alpha value is -11.4. The number of carbonyl (C=O) groups excluding carboxylic acids is 5. The van der Waals surface area contributed by atoms with Crippen LogP contribution in [0.1, 0.15) is 64.0 Å². The number of halogens is 3. The molecule has 0 aliphatic heterocycles. The van der Waals surface area contributed by atoms with Crippen LogP contribution < -0.4 is 41.7 Å². The molecule has 9 N–H and O–H groups in total. The predicted molar refractivity (Wildman–Crippen MR) is 369 cm³/mol. The lowest BCUT2D eigenvalue weighted by Crippen LogP contribution is -2.40. The van der Waals surface area contributed by atoms with Gasteiger partial charge in [-0.2, -0.15) is 18.4 Å². The Morgan fingerprint density at radius 3 is 1.51 bits per heavy atom. The molecule has 6 atom stereocenters. The molecule has 10 aromatic rings. The number of nitrogens with one attached hydrogen (secondary N) is 4. The van der Waals surface area contributed by atoms with Crippen molar-refractivity contribution in [2.45, 2.75) is 71.4 Å². The van der Waals surface area contributed by atoms with Crippen LogP contribution in [0, 0.1) is 52.3 Å². The van der Waals surface area contributed by atoms with E-state index >= 15 is 0 Å². The fourth-order valence-electron chi connectivity index (χ4n) is 12.9. The zero-order valence-corrected chi connectivity index (χ0v) is 55.9. The zero-order valence-electron chi connectivity index (χ0n) is 55.9. The number of para-hydroxylation sites is 3. The number of alkyl halides is 3. The van der Waals surface area contributed by atoms with Gasteiger partial charge in [-0.25, -0.2) is 26.4 Å². The first-order valence-electron chi connectivity index (χ1n) is 32.8. The summed E-state index contributed by atoms with van der Waals surface area (Å²) in [5.41, 5.74) is 16.6. The molecule has 4 aromatic heterocycles. The number of aromatic nitrogens is 4. The third-order valence-electron chi connectivity index (χ3n) is 18.8. The lowest BCUT2D eigenvalue weighted by Gasteiger charge is -2.19. The van der Waals surface area contributed by atoms with Gasteiger partial charge in [-0.05, 0) is 161 Å². The molecule has 13 rings (SSSR count). The van der Waals surface area contributed by atoms with Gasteiger partial charge in [0.2, 0.25) is 29.5 Å². The Kier molecular flexibility index (Phi) is 21.8. The molecule has 22 nitrogen and oxygen atoms in total. The van der Waals surface area contributed by atoms with E-state index in [2.05, 4.69) is 26.3 Å². The van der Waals surface area contributed by atoms with E-state index in [0.717, 1.165) is 78.4 Å². The second-order valence-corrected chi connectivity index (χ2v) is 26.1. The molecule has 0 spiro atoms. The van der Waals surface area contributed by atoms with Gasteiger partial charge in [-0.15, -0.1) is 0 Å². The van der Waals surface area contributed by atoms with Crippen LogP contribution >= 0.6 is 0 Å². The maximum atomic E-state index is 13.3. The SMILES string of the molecule is CN(C)CCNC(=O)[C@@]1(Cc2ccc(OCc3cc(C(F)(F)F)nc4ccccc34)cc2)C[C@@H]1C(=O)NO.Cc1cc(COc2ccc(C[C@]3(C#N)C[C@@H]3C(=O)NO)cc2)c2ccccc2n1.NC(=O)[C@@]1(Cc2ccc(OCc3cc(-c4cccnc4)nc4ccccc34)cc2)C[C@@H]1C(=O)NO. The monoisotopic (exact) mass is 1390 g/mol. The van der Waals surface area contributed by atoms with Crippen LogP contribution in [0.15, 0.2) is 188 Å². The number of amides is 5. The Bertz CT molecular complexity index is 4760. The summed E-state index contributed by atoms with van der Waals surface area (Å²) >= 11 is 0. The second kappa shape index (κ2) is 31.0. The Labute approximate surface area is 584 Å². The van der Waals surface area contributed by atoms with Gasteiger partial charge in [-0.1, -0.05) is 91.0 Å². The molecular weight excluding hydrogens is 1310 g/mol. The number of primary amides is 1. The summed E-state index contributed by atoms with van der Waals surface area (Å²) in [4.78, 5) is 79.6. The van der Waals surface area contributed by atoms with Crippen molar-refractivity contribution < 1.29 is 67.0 Å². The summed E-state index contributed by atoms with van der Waals surface area (Å²) < 4.78 is 57.8. The van der Waals surface area contributed by atoms with Crippen LogP contribution in [0.5, 0.6) is 17.2 Å². The van der Waals surface area contributed by atoms with Crippen LogP contribution in [0.4, 0.5) is 13.2 Å². The van der Waals surface area contributed by atoms with Crippen molar-refractivity contribution in [1.82, 2.24) is 46.6 Å². The maximum Gasteiger partial charge on any atom is 0.433 e. The number of nitrogens with zero attached hydrogens (tertiary/aromatic N) is 6. The number of hydrogen-bond acceptors (Lipinski definition) is 17. The predicted octanol–water partition coefficient (Wildman–Crippen LogP) is 10.7. The van der Waals surface area contributed by atoms with Crippen molar-refractivity contribution in [3.05, 3.63) is 233 Å². The van der Waals surface area contributed by atoms with E-state index in [9.17, 15) is 42.4 Å². The molecule has 524 valence electrons. The smallest absolute Gasteiger partial charge is 0.433 e. The van der Waals surface area contributed by atoms with Crippen LogP contribution in [0.2, 0.25) is 0 Å². The topological polar surface area (TPSA) is 326 Å². The molecule has 4 heterocycles. The number of nitriles is 1. The number of rotatable bonds is 24. The summed E-state index contributed by atoms with van der Waals surface area (Å²) in [6.07, 6.45) is 1.10. The van der Waals surface area contributed by atoms with Gasteiger partial charge in [0.05, 0.1) is 62.3 Å². The average molecular weight is 1390 g/mol. The van der Waals surface area contributed by atoms with Crippen molar-refractivity contribution in [2.75, 3.05) is 27.2 Å². The van der Waals surface area contributed by atoms with Crippen molar-refractivity contribution in [3.63, 3.8) is 0 Å². The first-order valence-corrected chi connectivity index (χ1v) is 32.8. The van der Waals surface area contributed by atoms with E-state index in [1.54, 1.807) is 71.3 Å².